The van der Waals surface area contributed by atoms with Gasteiger partial charge in [-0.2, -0.15) is 0 Å². The van der Waals surface area contributed by atoms with Gasteiger partial charge in [-0.1, -0.05) is 17.2 Å². The zero-order valence-electron chi connectivity index (χ0n) is 15.2. The predicted molar refractivity (Wildman–Crippen MR) is 94.1 cm³/mol. The summed E-state index contributed by atoms with van der Waals surface area (Å²) in [5.74, 6) is -0.0826. The molecule has 3 atom stereocenters. The fraction of sp³-hybridized carbons (Fsp3) is 0.526. The molecule has 1 aromatic rings. The quantitative estimate of drug-likeness (QED) is 0.875. The van der Waals surface area contributed by atoms with Gasteiger partial charge in [0.05, 0.1) is 6.04 Å². The van der Waals surface area contributed by atoms with Gasteiger partial charge in [-0.3, -0.25) is 14.4 Å². The number of carbonyl (C=O) groups excluding carboxylic acids is 3. The van der Waals surface area contributed by atoms with Gasteiger partial charge in [0.25, 0.3) is 5.91 Å². The number of likely N-dealkylation sites (tertiary alicyclic amines) is 2. The van der Waals surface area contributed by atoms with Gasteiger partial charge >= 0.3 is 0 Å². The van der Waals surface area contributed by atoms with Gasteiger partial charge in [-0.15, -0.1) is 0 Å². The minimum absolute atomic E-state index is 0.00111. The van der Waals surface area contributed by atoms with Crippen LogP contribution in [0, 0.1) is 19.8 Å². The van der Waals surface area contributed by atoms with Crippen LogP contribution in [0.3, 0.4) is 0 Å². The van der Waals surface area contributed by atoms with Crippen molar-refractivity contribution in [3.63, 3.8) is 0 Å². The van der Waals surface area contributed by atoms with E-state index in [0.717, 1.165) is 11.1 Å². The Kier molecular flexibility index (Phi) is 4.54. The Bertz CT molecular complexity index is 710. The van der Waals surface area contributed by atoms with Crippen molar-refractivity contribution in [2.75, 3.05) is 20.1 Å². The average molecular weight is 343 g/mol. The second kappa shape index (κ2) is 6.50. The zero-order chi connectivity index (χ0) is 18.3. The first-order valence-corrected chi connectivity index (χ1v) is 8.70. The Labute approximate surface area is 148 Å². The topological polar surface area (TPSA) is 69.7 Å². The normalized spacial score (nSPS) is 25.0. The summed E-state index contributed by atoms with van der Waals surface area (Å²) < 4.78 is 0. The lowest BCUT2D eigenvalue weighted by Gasteiger charge is -2.29. The fourth-order valence-corrected chi connectivity index (χ4v) is 4.33. The molecule has 2 heterocycles. The number of carbonyl (C=O) groups is 3. The molecule has 2 saturated heterocycles. The van der Waals surface area contributed by atoms with Crippen LogP contribution in [0.15, 0.2) is 18.2 Å². The highest BCUT2D eigenvalue weighted by molar-refractivity contribution is 5.95. The molecule has 0 unspecified atom stereocenters. The number of amides is 3. The molecule has 2 aliphatic heterocycles. The molecule has 3 rings (SSSR count). The van der Waals surface area contributed by atoms with Crippen molar-refractivity contribution in [1.29, 1.82) is 0 Å². The van der Waals surface area contributed by atoms with E-state index >= 15 is 0 Å². The number of hydrogen-bond donors (Lipinski definition) is 1. The van der Waals surface area contributed by atoms with Gasteiger partial charge in [0.1, 0.15) is 6.04 Å². The molecule has 0 saturated carbocycles. The smallest absolute Gasteiger partial charge is 0.253 e. The Hall–Kier alpha value is -2.37. The molecule has 3 amide bonds. The van der Waals surface area contributed by atoms with Crippen LogP contribution in [0.1, 0.15) is 34.8 Å². The number of aryl methyl sites for hydroxylation is 2. The first-order valence-electron chi connectivity index (χ1n) is 8.70. The van der Waals surface area contributed by atoms with Crippen molar-refractivity contribution in [2.24, 2.45) is 5.92 Å². The lowest BCUT2D eigenvalue weighted by molar-refractivity contribution is -0.138. The van der Waals surface area contributed by atoms with E-state index in [4.69, 9.17) is 0 Å². The average Bonchev–Trinajstić information content (AvgIpc) is 3.09. The van der Waals surface area contributed by atoms with Gasteiger partial charge in [0.15, 0.2) is 0 Å². The van der Waals surface area contributed by atoms with Gasteiger partial charge in [0, 0.05) is 38.5 Å². The maximum absolute atomic E-state index is 12.9. The molecular formula is C19H25N3O3. The Morgan fingerprint density at radius 1 is 1.08 bits per heavy atom. The van der Waals surface area contributed by atoms with E-state index in [-0.39, 0.29) is 29.7 Å². The van der Waals surface area contributed by atoms with E-state index in [2.05, 4.69) is 5.32 Å². The number of hydrogen-bond acceptors (Lipinski definition) is 3. The molecule has 0 bridgehead atoms. The third-order valence-electron chi connectivity index (χ3n) is 5.29. The third-order valence-corrected chi connectivity index (χ3v) is 5.29. The van der Waals surface area contributed by atoms with Gasteiger partial charge in [-0.05, 0) is 32.4 Å². The zero-order valence-corrected chi connectivity index (χ0v) is 15.2. The molecular weight excluding hydrogens is 318 g/mol. The molecule has 0 spiro atoms. The van der Waals surface area contributed by atoms with Crippen molar-refractivity contribution in [2.45, 2.75) is 39.3 Å². The molecule has 6 heteroatoms. The number of fused-ring (bicyclic) bond motifs is 1. The van der Waals surface area contributed by atoms with Crippen molar-refractivity contribution >= 4 is 17.7 Å². The highest BCUT2D eigenvalue weighted by atomic mass is 16.2. The molecule has 2 fully saturated rings. The van der Waals surface area contributed by atoms with E-state index in [1.54, 1.807) is 11.9 Å². The van der Waals surface area contributed by atoms with E-state index in [0.29, 0.717) is 25.1 Å². The Morgan fingerprint density at radius 2 is 1.72 bits per heavy atom. The summed E-state index contributed by atoms with van der Waals surface area (Å²) in [5, 5.41) is 2.64. The van der Waals surface area contributed by atoms with Crippen LogP contribution >= 0.6 is 0 Å². The maximum atomic E-state index is 12.9. The van der Waals surface area contributed by atoms with Gasteiger partial charge in [-0.25, -0.2) is 0 Å². The largest absolute Gasteiger partial charge is 0.357 e. The van der Waals surface area contributed by atoms with Gasteiger partial charge in [0.2, 0.25) is 11.8 Å². The minimum Gasteiger partial charge on any atom is -0.357 e. The van der Waals surface area contributed by atoms with Crippen LogP contribution < -0.4 is 5.32 Å². The van der Waals surface area contributed by atoms with Crippen LogP contribution in [0.2, 0.25) is 0 Å². The number of nitrogens with zero attached hydrogens (tertiary/aromatic N) is 2. The van der Waals surface area contributed by atoms with Crippen molar-refractivity contribution in [3.8, 4) is 0 Å². The number of likely N-dealkylation sites (N-methyl/N-ethyl adjacent to an activating group) is 1. The van der Waals surface area contributed by atoms with Crippen molar-refractivity contribution in [1.82, 2.24) is 15.1 Å². The lowest BCUT2D eigenvalue weighted by Crippen LogP contribution is -2.49. The van der Waals surface area contributed by atoms with Crippen LogP contribution in [-0.2, 0) is 9.59 Å². The first kappa shape index (κ1) is 17.5. The molecule has 6 nitrogen and oxygen atoms in total. The van der Waals surface area contributed by atoms with E-state index < -0.39 is 6.04 Å². The minimum atomic E-state index is -0.420. The maximum Gasteiger partial charge on any atom is 0.253 e. The highest BCUT2D eigenvalue weighted by Crippen LogP contribution is 2.36. The summed E-state index contributed by atoms with van der Waals surface area (Å²) in [7, 11) is 1.59. The van der Waals surface area contributed by atoms with Crippen molar-refractivity contribution < 1.29 is 14.4 Å². The molecule has 0 radical (unpaired) electrons. The SMILES string of the molecule is CNC(=O)[C@@H]1C[C@H]2CN(C(=O)c3cc(C)cc(C)c3)C[C@H]2N1C(C)=O. The van der Waals surface area contributed by atoms with E-state index in [1.165, 1.54) is 6.92 Å². The second-order valence-electron chi connectivity index (χ2n) is 7.21. The standard InChI is InChI=1S/C19H25N3O3/c1-11-5-12(2)7-14(6-11)19(25)21-9-15-8-16(18(24)20-4)22(13(3)23)17(15)10-21/h5-7,15-17H,8-10H2,1-4H3,(H,20,24)/t15-,16-,17+/m0/s1. The number of benzene rings is 1. The third kappa shape index (κ3) is 3.13. The van der Waals surface area contributed by atoms with Crippen LogP contribution in [0.25, 0.3) is 0 Å². The molecule has 1 N–H and O–H groups in total. The molecule has 0 aliphatic carbocycles. The highest BCUT2D eigenvalue weighted by Gasteiger charge is 2.50. The fourth-order valence-electron chi connectivity index (χ4n) is 4.33. The summed E-state index contributed by atoms with van der Waals surface area (Å²) in [6.07, 6.45) is 0.612. The van der Waals surface area contributed by atoms with Gasteiger partial charge < -0.3 is 15.1 Å². The Balaban J connectivity index is 1.79. The van der Waals surface area contributed by atoms with E-state index in [9.17, 15) is 14.4 Å². The lowest BCUT2D eigenvalue weighted by atomic mass is 10.0. The summed E-state index contributed by atoms with van der Waals surface area (Å²) >= 11 is 0. The van der Waals surface area contributed by atoms with Crippen molar-refractivity contribution in [3.05, 3.63) is 34.9 Å². The molecule has 1 aromatic carbocycles. The number of rotatable bonds is 2. The second-order valence-corrected chi connectivity index (χ2v) is 7.21. The van der Waals surface area contributed by atoms with E-state index in [1.807, 2.05) is 36.9 Å². The first-order chi connectivity index (χ1) is 11.8. The number of nitrogens with one attached hydrogen (secondary N) is 1. The summed E-state index contributed by atoms with van der Waals surface area (Å²) in [6.45, 7) is 6.53. The molecule has 0 aromatic heterocycles. The predicted octanol–water partition coefficient (Wildman–Crippen LogP) is 1.11. The molecule has 25 heavy (non-hydrogen) atoms. The summed E-state index contributed by atoms with van der Waals surface area (Å²) in [5.41, 5.74) is 2.82. The Morgan fingerprint density at radius 3 is 2.28 bits per heavy atom. The molecule has 134 valence electrons. The van der Waals surface area contributed by atoms with Crippen LogP contribution in [0.5, 0.6) is 0 Å². The molecule has 2 aliphatic rings. The van der Waals surface area contributed by atoms with Crippen LogP contribution in [-0.4, -0.2) is 59.7 Å². The summed E-state index contributed by atoms with van der Waals surface area (Å²) in [4.78, 5) is 40.5. The monoisotopic (exact) mass is 343 g/mol. The summed E-state index contributed by atoms with van der Waals surface area (Å²) in [6, 6.07) is 5.35. The van der Waals surface area contributed by atoms with Crippen LogP contribution in [0.4, 0.5) is 0 Å².